The zero-order chi connectivity index (χ0) is 18.3. The van der Waals surface area contributed by atoms with E-state index in [0.29, 0.717) is 0 Å². The molecule has 0 saturated heterocycles. The van der Waals surface area contributed by atoms with Crippen LogP contribution in [-0.4, -0.2) is 25.5 Å². The minimum atomic E-state index is 0.788. The summed E-state index contributed by atoms with van der Waals surface area (Å²) in [5.74, 6) is 0. The van der Waals surface area contributed by atoms with Crippen LogP contribution in [0.2, 0.25) is 0 Å². The summed E-state index contributed by atoms with van der Waals surface area (Å²) in [7, 11) is 0. The Bertz CT molecular complexity index is 1010. The van der Waals surface area contributed by atoms with Gasteiger partial charge in [-0.2, -0.15) is 0 Å². The van der Waals surface area contributed by atoms with E-state index in [1.807, 2.05) is 12.4 Å². The molecule has 2 nitrogen and oxygen atoms in total. The fraction of sp³-hybridized carbons (Fsp3) is 0.120. The van der Waals surface area contributed by atoms with Crippen molar-refractivity contribution in [1.82, 2.24) is 0 Å². The average molecular weight is 350 g/mol. The molecule has 0 aliphatic carbocycles. The largest absolute Gasteiger partial charge is 0.292 e. The van der Waals surface area contributed by atoms with Crippen LogP contribution in [0.15, 0.2) is 94.9 Å². The topological polar surface area (TPSA) is 24.7 Å². The molecule has 4 rings (SSSR count). The van der Waals surface area contributed by atoms with Crippen molar-refractivity contribution >= 4 is 34.0 Å². The Kier molecular flexibility index (Phi) is 5.35. The number of rotatable bonds is 6. The molecular weight excluding hydrogens is 328 g/mol. The van der Waals surface area contributed by atoms with Crippen LogP contribution in [-0.2, 0) is 0 Å². The molecule has 4 aromatic carbocycles. The number of hydrogen-bond donors (Lipinski definition) is 0. The Balaban J connectivity index is 1.33. The Morgan fingerprint density at radius 2 is 0.963 bits per heavy atom. The van der Waals surface area contributed by atoms with Crippen molar-refractivity contribution in [3.8, 4) is 0 Å². The van der Waals surface area contributed by atoms with E-state index in [1.54, 1.807) is 0 Å². The lowest BCUT2D eigenvalue weighted by atomic mass is 10.1. The van der Waals surface area contributed by atoms with Crippen LogP contribution < -0.4 is 0 Å². The highest BCUT2D eigenvalue weighted by Crippen LogP contribution is 2.17. The number of benzene rings is 4. The first-order valence-electron chi connectivity index (χ1n) is 9.37. The molecule has 0 bridgehead atoms. The van der Waals surface area contributed by atoms with Gasteiger partial charge in [0.2, 0.25) is 0 Å². The number of nitrogens with zero attached hydrogens (tertiary/aromatic N) is 2. The highest BCUT2D eigenvalue weighted by molar-refractivity contribution is 6.00. The molecule has 0 heterocycles. The van der Waals surface area contributed by atoms with Gasteiger partial charge in [0, 0.05) is 36.6 Å². The fourth-order valence-corrected chi connectivity index (χ4v) is 3.31. The monoisotopic (exact) mass is 350 g/mol. The van der Waals surface area contributed by atoms with Gasteiger partial charge in [-0.25, -0.2) is 0 Å². The third-order valence-corrected chi connectivity index (χ3v) is 4.68. The van der Waals surface area contributed by atoms with Crippen molar-refractivity contribution < 1.29 is 0 Å². The van der Waals surface area contributed by atoms with Gasteiger partial charge in [-0.15, -0.1) is 0 Å². The second-order valence-electron chi connectivity index (χ2n) is 6.56. The molecule has 0 saturated carbocycles. The second kappa shape index (κ2) is 8.41. The maximum absolute atomic E-state index is 4.59. The van der Waals surface area contributed by atoms with E-state index in [9.17, 15) is 0 Å². The second-order valence-corrected chi connectivity index (χ2v) is 6.56. The maximum atomic E-state index is 4.59. The number of hydrogen-bond acceptors (Lipinski definition) is 2. The molecule has 0 fully saturated rings. The number of aliphatic imine (C=N–C) groups is 2. The lowest BCUT2D eigenvalue weighted by Gasteiger charge is -2.01. The third kappa shape index (κ3) is 4.12. The summed E-state index contributed by atoms with van der Waals surface area (Å²) in [6.07, 6.45) is 4.91. The SMILES string of the molecule is C(=NCCCN=Cc1cccc2ccccc12)c1cccc2ccccc12. The molecule has 132 valence electrons. The molecule has 0 amide bonds. The molecule has 0 radical (unpaired) electrons. The average Bonchev–Trinajstić information content (AvgIpc) is 2.73. The first-order chi connectivity index (χ1) is 13.4. The van der Waals surface area contributed by atoms with Gasteiger partial charge in [-0.1, -0.05) is 84.9 Å². The first kappa shape index (κ1) is 17.2. The normalized spacial score (nSPS) is 11.9. The smallest absolute Gasteiger partial charge is 0.0407 e. The Hall–Kier alpha value is -3.26. The summed E-state index contributed by atoms with van der Waals surface area (Å²) in [6, 6.07) is 29.5. The molecule has 0 N–H and O–H groups in total. The maximum Gasteiger partial charge on any atom is 0.0407 e. The van der Waals surface area contributed by atoms with Gasteiger partial charge >= 0.3 is 0 Å². The van der Waals surface area contributed by atoms with E-state index in [0.717, 1.165) is 19.5 Å². The molecular formula is C25H22N2. The Morgan fingerprint density at radius 1 is 0.519 bits per heavy atom. The summed E-state index contributed by atoms with van der Waals surface area (Å²) in [6.45, 7) is 1.58. The lowest BCUT2D eigenvalue weighted by molar-refractivity contribution is 0.851. The highest BCUT2D eigenvalue weighted by atomic mass is 14.7. The van der Waals surface area contributed by atoms with Crippen molar-refractivity contribution in [2.45, 2.75) is 6.42 Å². The zero-order valence-corrected chi connectivity index (χ0v) is 15.3. The minimum absolute atomic E-state index is 0.788. The summed E-state index contributed by atoms with van der Waals surface area (Å²) in [5.41, 5.74) is 2.35. The van der Waals surface area contributed by atoms with Crippen LogP contribution in [0.25, 0.3) is 21.5 Å². The molecule has 0 atom stereocenters. The molecule has 0 aromatic heterocycles. The summed E-state index contributed by atoms with van der Waals surface area (Å²) >= 11 is 0. The van der Waals surface area contributed by atoms with E-state index < -0.39 is 0 Å². The Morgan fingerprint density at radius 3 is 1.48 bits per heavy atom. The van der Waals surface area contributed by atoms with Crippen LogP contribution >= 0.6 is 0 Å². The molecule has 2 heteroatoms. The predicted octanol–water partition coefficient (Wildman–Crippen LogP) is 5.92. The van der Waals surface area contributed by atoms with Gasteiger partial charge < -0.3 is 0 Å². The van der Waals surface area contributed by atoms with E-state index in [4.69, 9.17) is 0 Å². The van der Waals surface area contributed by atoms with Gasteiger partial charge in [0.05, 0.1) is 0 Å². The van der Waals surface area contributed by atoms with Crippen LogP contribution in [0.1, 0.15) is 17.5 Å². The zero-order valence-electron chi connectivity index (χ0n) is 15.3. The van der Waals surface area contributed by atoms with E-state index in [2.05, 4.69) is 94.9 Å². The van der Waals surface area contributed by atoms with Crippen LogP contribution in [0, 0.1) is 0 Å². The van der Waals surface area contributed by atoms with Crippen molar-refractivity contribution in [3.63, 3.8) is 0 Å². The van der Waals surface area contributed by atoms with Gasteiger partial charge in [0.1, 0.15) is 0 Å². The van der Waals surface area contributed by atoms with Crippen LogP contribution in [0.3, 0.4) is 0 Å². The van der Waals surface area contributed by atoms with Gasteiger partial charge in [0.15, 0.2) is 0 Å². The molecule has 0 spiro atoms. The van der Waals surface area contributed by atoms with Crippen molar-refractivity contribution in [2.24, 2.45) is 9.98 Å². The minimum Gasteiger partial charge on any atom is -0.292 e. The van der Waals surface area contributed by atoms with E-state index >= 15 is 0 Å². The quantitative estimate of drug-likeness (QED) is 0.304. The Labute approximate surface area is 159 Å². The van der Waals surface area contributed by atoms with Crippen molar-refractivity contribution in [3.05, 3.63) is 96.1 Å². The fourth-order valence-electron chi connectivity index (χ4n) is 3.31. The van der Waals surface area contributed by atoms with E-state index in [1.165, 1.54) is 32.7 Å². The van der Waals surface area contributed by atoms with Crippen molar-refractivity contribution in [2.75, 3.05) is 13.1 Å². The molecule has 0 aliphatic heterocycles. The summed E-state index contributed by atoms with van der Waals surface area (Å²) in [5, 5.41) is 5.00. The highest BCUT2D eigenvalue weighted by Gasteiger charge is 1.97. The van der Waals surface area contributed by atoms with Gasteiger partial charge in [0.25, 0.3) is 0 Å². The molecule has 27 heavy (non-hydrogen) atoms. The lowest BCUT2D eigenvalue weighted by Crippen LogP contribution is -1.91. The first-order valence-corrected chi connectivity index (χ1v) is 9.37. The van der Waals surface area contributed by atoms with Crippen LogP contribution in [0.4, 0.5) is 0 Å². The van der Waals surface area contributed by atoms with Crippen LogP contribution in [0.5, 0.6) is 0 Å². The predicted molar refractivity (Wildman–Crippen MR) is 117 cm³/mol. The molecule has 4 aromatic rings. The molecule has 0 aliphatic rings. The summed E-state index contributed by atoms with van der Waals surface area (Å²) in [4.78, 5) is 9.17. The summed E-state index contributed by atoms with van der Waals surface area (Å²) < 4.78 is 0. The standard InChI is InChI=1S/C25H22N2/c1-3-14-24-20(8-1)10-5-12-22(24)18-26-16-7-17-27-19-23-13-6-11-21-9-2-4-15-25(21)23/h1-6,8-15,18-19H,7,16-17H2. The molecule has 0 unspecified atom stereocenters. The third-order valence-electron chi connectivity index (χ3n) is 4.68. The number of fused-ring (bicyclic) bond motifs is 2. The van der Waals surface area contributed by atoms with Gasteiger partial charge in [-0.3, -0.25) is 9.98 Å². The van der Waals surface area contributed by atoms with Gasteiger partial charge in [-0.05, 0) is 28.0 Å². The van der Waals surface area contributed by atoms with Crippen molar-refractivity contribution in [1.29, 1.82) is 0 Å². The van der Waals surface area contributed by atoms with E-state index in [-0.39, 0.29) is 0 Å².